The van der Waals surface area contributed by atoms with Crippen molar-refractivity contribution in [3.8, 4) is 5.82 Å². The van der Waals surface area contributed by atoms with Crippen molar-refractivity contribution < 1.29 is 9.53 Å². The first-order chi connectivity index (χ1) is 10.5. The van der Waals surface area contributed by atoms with Crippen LogP contribution >= 0.6 is 0 Å². The number of carbonyl (C=O) groups is 1. The first-order valence-corrected chi connectivity index (χ1v) is 7.55. The number of nitrogens with zero attached hydrogens (tertiary/aromatic N) is 4. The van der Waals surface area contributed by atoms with Crippen molar-refractivity contribution in [1.82, 2.24) is 19.7 Å². The Labute approximate surface area is 129 Å². The van der Waals surface area contributed by atoms with Gasteiger partial charge in [-0.3, -0.25) is 4.79 Å². The van der Waals surface area contributed by atoms with E-state index in [-0.39, 0.29) is 17.8 Å². The zero-order valence-corrected chi connectivity index (χ0v) is 13.3. The largest absolute Gasteiger partial charge is 0.466 e. The zero-order chi connectivity index (χ0) is 15.9. The third-order valence-corrected chi connectivity index (χ3v) is 3.86. The second-order valence-electron chi connectivity index (χ2n) is 5.72. The van der Waals surface area contributed by atoms with Crippen molar-refractivity contribution in [2.75, 3.05) is 6.61 Å². The Hall–Kier alpha value is -2.24. The summed E-state index contributed by atoms with van der Waals surface area (Å²) in [6.45, 7) is 7.98. The topological polar surface area (TPSA) is 69.9 Å². The summed E-state index contributed by atoms with van der Waals surface area (Å²) in [4.78, 5) is 20.7. The van der Waals surface area contributed by atoms with Crippen LogP contribution in [0.4, 0.5) is 0 Å². The van der Waals surface area contributed by atoms with Crippen LogP contribution in [0.5, 0.6) is 0 Å². The summed E-state index contributed by atoms with van der Waals surface area (Å²) < 4.78 is 6.85. The minimum atomic E-state index is -0.101. The van der Waals surface area contributed by atoms with Gasteiger partial charge in [0.05, 0.1) is 12.5 Å². The highest BCUT2D eigenvalue weighted by Gasteiger charge is 2.45. The van der Waals surface area contributed by atoms with Gasteiger partial charge in [-0.1, -0.05) is 0 Å². The SMILES string of the molecule is CCOC(=O)[C@H]1C[C@@H]1c1cc(C)nc(-n2nc(C)nc2C)c1. The molecule has 2 aromatic heterocycles. The van der Waals surface area contributed by atoms with Gasteiger partial charge in [-0.25, -0.2) is 9.97 Å². The molecule has 0 spiro atoms. The molecule has 0 bridgehead atoms. The maximum absolute atomic E-state index is 11.8. The third kappa shape index (κ3) is 2.73. The smallest absolute Gasteiger partial charge is 0.309 e. The van der Waals surface area contributed by atoms with E-state index in [0.717, 1.165) is 35.1 Å². The monoisotopic (exact) mass is 300 g/mol. The van der Waals surface area contributed by atoms with Crippen LogP contribution in [-0.4, -0.2) is 32.3 Å². The van der Waals surface area contributed by atoms with Gasteiger partial charge in [0.2, 0.25) is 0 Å². The summed E-state index contributed by atoms with van der Waals surface area (Å²) >= 11 is 0. The van der Waals surface area contributed by atoms with Crippen molar-refractivity contribution in [3.05, 3.63) is 35.0 Å². The van der Waals surface area contributed by atoms with Gasteiger partial charge in [0, 0.05) is 5.69 Å². The van der Waals surface area contributed by atoms with E-state index in [1.807, 2.05) is 39.8 Å². The minimum absolute atomic E-state index is 0.0202. The van der Waals surface area contributed by atoms with Crippen molar-refractivity contribution in [3.63, 3.8) is 0 Å². The van der Waals surface area contributed by atoms with E-state index in [4.69, 9.17) is 4.74 Å². The molecule has 1 aliphatic carbocycles. The van der Waals surface area contributed by atoms with Crippen molar-refractivity contribution in [1.29, 1.82) is 0 Å². The van der Waals surface area contributed by atoms with E-state index in [2.05, 4.69) is 15.1 Å². The first-order valence-electron chi connectivity index (χ1n) is 7.55. The van der Waals surface area contributed by atoms with Crippen LogP contribution in [0.25, 0.3) is 5.82 Å². The average molecular weight is 300 g/mol. The summed E-state index contributed by atoms with van der Waals surface area (Å²) in [5.41, 5.74) is 2.03. The fraction of sp³-hybridized carbons (Fsp3) is 0.500. The van der Waals surface area contributed by atoms with Gasteiger partial charge in [-0.05, 0) is 57.7 Å². The molecule has 1 saturated carbocycles. The Bertz CT molecular complexity index is 723. The Morgan fingerprint density at radius 2 is 2.09 bits per heavy atom. The molecule has 0 aliphatic heterocycles. The van der Waals surface area contributed by atoms with E-state index in [1.165, 1.54) is 0 Å². The Morgan fingerprint density at radius 1 is 1.32 bits per heavy atom. The molecule has 2 heterocycles. The number of aromatic nitrogens is 4. The molecule has 2 aromatic rings. The van der Waals surface area contributed by atoms with E-state index < -0.39 is 0 Å². The van der Waals surface area contributed by atoms with Crippen molar-refractivity contribution in [2.24, 2.45) is 5.92 Å². The number of hydrogen-bond acceptors (Lipinski definition) is 5. The third-order valence-electron chi connectivity index (χ3n) is 3.86. The van der Waals surface area contributed by atoms with Gasteiger partial charge >= 0.3 is 5.97 Å². The molecule has 22 heavy (non-hydrogen) atoms. The molecule has 0 amide bonds. The minimum Gasteiger partial charge on any atom is -0.466 e. The van der Waals surface area contributed by atoms with Crippen LogP contribution in [0.2, 0.25) is 0 Å². The Kier molecular flexibility index (Phi) is 3.68. The van der Waals surface area contributed by atoms with Crippen LogP contribution in [0.15, 0.2) is 12.1 Å². The summed E-state index contributed by atoms with van der Waals surface area (Å²) in [6.07, 6.45) is 0.844. The van der Waals surface area contributed by atoms with Gasteiger partial charge in [0.25, 0.3) is 0 Å². The van der Waals surface area contributed by atoms with Gasteiger partial charge < -0.3 is 4.74 Å². The van der Waals surface area contributed by atoms with Crippen molar-refractivity contribution >= 4 is 5.97 Å². The summed E-state index contributed by atoms with van der Waals surface area (Å²) in [5.74, 6) is 2.38. The summed E-state index contributed by atoms with van der Waals surface area (Å²) in [5, 5.41) is 4.38. The number of hydrogen-bond donors (Lipinski definition) is 0. The van der Waals surface area contributed by atoms with Crippen LogP contribution < -0.4 is 0 Å². The molecule has 3 rings (SSSR count). The fourth-order valence-corrected chi connectivity index (χ4v) is 2.81. The quantitative estimate of drug-likeness (QED) is 0.810. The highest BCUT2D eigenvalue weighted by Crippen LogP contribution is 2.48. The van der Waals surface area contributed by atoms with Crippen molar-refractivity contribution in [2.45, 2.75) is 40.0 Å². The maximum atomic E-state index is 11.8. The fourth-order valence-electron chi connectivity index (χ4n) is 2.81. The van der Waals surface area contributed by atoms with E-state index in [0.29, 0.717) is 6.61 Å². The number of aryl methyl sites for hydroxylation is 3. The Morgan fingerprint density at radius 3 is 2.73 bits per heavy atom. The normalized spacial score (nSPS) is 20.0. The zero-order valence-electron chi connectivity index (χ0n) is 13.3. The second kappa shape index (κ2) is 5.51. The van der Waals surface area contributed by atoms with Gasteiger partial charge in [-0.15, -0.1) is 5.10 Å². The predicted molar refractivity (Wildman–Crippen MR) is 80.8 cm³/mol. The van der Waals surface area contributed by atoms with E-state index >= 15 is 0 Å². The molecular weight excluding hydrogens is 280 g/mol. The van der Waals surface area contributed by atoms with Crippen LogP contribution in [0.3, 0.4) is 0 Å². The molecule has 0 N–H and O–H groups in total. The van der Waals surface area contributed by atoms with Gasteiger partial charge in [-0.2, -0.15) is 4.68 Å². The van der Waals surface area contributed by atoms with Crippen LogP contribution in [0, 0.1) is 26.7 Å². The molecule has 0 unspecified atom stereocenters. The lowest BCUT2D eigenvalue weighted by Crippen LogP contribution is -2.08. The number of pyridine rings is 1. The number of ether oxygens (including phenoxy) is 1. The maximum Gasteiger partial charge on any atom is 0.309 e. The van der Waals surface area contributed by atoms with E-state index in [1.54, 1.807) is 4.68 Å². The predicted octanol–water partition coefficient (Wildman–Crippen LogP) is 2.25. The standard InChI is InChI=1S/C16H20N4O2/c1-5-22-16(21)14-8-13(14)12-6-9(2)17-15(7-12)20-11(4)18-10(3)19-20/h6-7,13-14H,5,8H2,1-4H3/t13-,14+/m1/s1. The summed E-state index contributed by atoms with van der Waals surface area (Å²) in [6, 6.07) is 4.03. The molecular formula is C16H20N4O2. The molecule has 2 atom stereocenters. The molecule has 116 valence electrons. The number of rotatable bonds is 4. The molecule has 1 fully saturated rings. The van der Waals surface area contributed by atoms with E-state index in [9.17, 15) is 4.79 Å². The Balaban J connectivity index is 1.89. The molecule has 0 radical (unpaired) electrons. The number of esters is 1. The molecule has 0 saturated heterocycles. The first kappa shape index (κ1) is 14.7. The van der Waals surface area contributed by atoms with Crippen LogP contribution in [0.1, 0.15) is 42.2 Å². The molecule has 6 nitrogen and oxygen atoms in total. The number of carbonyl (C=O) groups excluding carboxylic acids is 1. The molecule has 0 aromatic carbocycles. The summed E-state index contributed by atoms with van der Waals surface area (Å²) in [7, 11) is 0. The molecule has 6 heteroatoms. The lowest BCUT2D eigenvalue weighted by molar-refractivity contribution is -0.144. The van der Waals surface area contributed by atoms with Gasteiger partial charge in [0.1, 0.15) is 11.6 Å². The lowest BCUT2D eigenvalue weighted by atomic mass is 10.1. The molecule has 1 aliphatic rings. The average Bonchev–Trinajstić information content (AvgIpc) is 3.18. The lowest BCUT2D eigenvalue weighted by Gasteiger charge is -2.07. The van der Waals surface area contributed by atoms with Gasteiger partial charge in [0.15, 0.2) is 5.82 Å². The second-order valence-corrected chi connectivity index (χ2v) is 5.72. The highest BCUT2D eigenvalue weighted by molar-refractivity contribution is 5.77. The van der Waals surface area contributed by atoms with Crippen LogP contribution in [-0.2, 0) is 9.53 Å². The highest BCUT2D eigenvalue weighted by atomic mass is 16.5.